The van der Waals surface area contributed by atoms with Crippen LogP contribution in [0.15, 0.2) is 34.2 Å². The number of hydrogen-bond donors (Lipinski definition) is 3. The summed E-state index contributed by atoms with van der Waals surface area (Å²) in [6.45, 7) is 3.77. The second-order valence-corrected chi connectivity index (χ2v) is 5.68. The molecule has 0 saturated heterocycles. The molecule has 0 bridgehead atoms. The van der Waals surface area contributed by atoms with E-state index in [0.29, 0.717) is 16.5 Å². The number of nitrogen functional groups attached to an aromatic ring is 1. The van der Waals surface area contributed by atoms with Crippen molar-refractivity contribution in [3.8, 4) is 0 Å². The Morgan fingerprint density at radius 1 is 1.52 bits per heavy atom. The maximum atomic E-state index is 11.9. The molecule has 1 amide bonds. The van der Waals surface area contributed by atoms with Crippen molar-refractivity contribution in [1.29, 1.82) is 0 Å². The van der Waals surface area contributed by atoms with Gasteiger partial charge < -0.3 is 11.1 Å². The molecule has 1 aromatic carbocycles. The maximum absolute atomic E-state index is 11.9. The molecule has 0 aliphatic heterocycles. The van der Waals surface area contributed by atoms with Crippen LogP contribution < -0.4 is 16.7 Å². The zero-order valence-corrected chi connectivity index (χ0v) is 12.6. The molecule has 1 aromatic heterocycles. The number of anilines is 2. The van der Waals surface area contributed by atoms with Gasteiger partial charge in [-0.05, 0) is 32.0 Å². The van der Waals surface area contributed by atoms with E-state index in [1.807, 2.05) is 13.8 Å². The number of carbonyl (C=O) groups is 1. The predicted octanol–water partition coefficient (Wildman–Crippen LogP) is 1.47. The summed E-state index contributed by atoms with van der Waals surface area (Å²) in [5, 5.41) is 9.55. The fourth-order valence-electron chi connectivity index (χ4n) is 1.79. The number of benzene rings is 1. The maximum Gasteiger partial charge on any atom is 0.344 e. The Labute approximate surface area is 125 Å². The van der Waals surface area contributed by atoms with E-state index in [1.165, 1.54) is 16.3 Å². The molecule has 8 heteroatoms. The highest BCUT2D eigenvalue weighted by molar-refractivity contribution is 7.99. The minimum Gasteiger partial charge on any atom is -0.399 e. The topological polar surface area (TPSA) is 106 Å². The Balaban J connectivity index is 1.97. The van der Waals surface area contributed by atoms with Crippen molar-refractivity contribution in [2.75, 3.05) is 16.8 Å². The molecule has 112 valence electrons. The van der Waals surface area contributed by atoms with Crippen LogP contribution in [0.5, 0.6) is 0 Å². The lowest BCUT2D eigenvalue weighted by atomic mass is 10.3. The van der Waals surface area contributed by atoms with Crippen molar-refractivity contribution in [2.45, 2.75) is 25.0 Å². The first-order valence-corrected chi connectivity index (χ1v) is 7.41. The van der Waals surface area contributed by atoms with Crippen LogP contribution in [0.25, 0.3) is 0 Å². The highest BCUT2D eigenvalue weighted by Crippen LogP contribution is 2.18. The van der Waals surface area contributed by atoms with Crippen LogP contribution in [0.1, 0.15) is 19.9 Å². The number of thioether (sulfide) groups is 1. The second kappa shape index (κ2) is 6.49. The van der Waals surface area contributed by atoms with Gasteiger partial charge in [0, 0.05) is 17.4 Å². The fraction of sp³-hybridized carbons (Fsp3) is 0.308. The Morgan fingerprint density at radius 3 is 2.95 bits per heavy atom. The van der Waals surface area contributed by atoms with E-state index in [0.717, 1.165) is 0 Å². The lowest BCUT2D eigenvalue weighted by Crippen LogP contribution is -2.20. The van der Waals surface area contributed by atoms with Gasteiger partial charge in [-0.1, -0.05) is 17.8 Å². The third kappa shape index (κ3) is 3.88. The summed E-state index contributed by atoms with van der Waals surface area (Å²) < 4.78 is 1.51. The quantitative estimate of drug-likeness (QED) is 0.573. The van der Waals surface area contributed by atoms with Crippen molar-refractivity contribution in [3.63, 3.8) is 0 Å². The highest BCUT2D eigenvalue weighted by Gasteiger charge is 2.13. The zero-order chi connectivity index (χ0) is 15.4. The van der Waals surface area contributed by atoms with Crippen LogP contribution in [-0.2, 0) is 4.79 Å². The first-order valence-electron chi connectivity index (χ1n) is 6.42. The van der Waals surface area contributed by atoms with E-state index in [-0.39, 0.29) is 23.4 Å². The molecular formula is C13H17N5O2S. The van der Waals surface area contributed by atoms with Gasteiger partial charge in [-0.15, -0.1) is 5.10 Å². The summed E-state index contributed by atoms with van der Waals surface area (Å²) >= 11 is 1.21. The second-order valence-electron chi connectivity index (χ2n) is 4.74. The molecule has 0 aliphatic carbocycles. The van der Waals surface area contributed by atoms with Crippen LogP contribution in [0, 0.1) is 0 Å². The minimum absolute atomic E-state index is 0.0178. The molecule has 2 aromatic rings. The summed E-state index contributed by atoms with van der Waals surface area (Å²) in [6, 6.07) is 6.94. The molecular weight excluding hydrogens is 290 g/mol. The summed E-state index contributed by atoms with van der Waals surface area (Å²) in [7, 11) is 0. The molecule has 0 fully saturated rings. The van der Waals surface area contributed by atoms with Crippen LogP contribution in [0.2, 0.25) is 0 Å². The van der Waals surface area contributed by atoms with Crippen LogP contribution >= 0.6 is 11.8 Å². The van der Waals surface area contributed by atoms with E-state index in [2.05, 4.69) is 15.5 Å². The van der Waals surface area contributed by atoms with Crippen LogP contribution in [0.3, 0.4) is 0 Å². The average Bonchev–Trinajstić information content (AvgIpc) is 2.77. The number of nitrogens with two attached hydrogens (primary N) is 1. The summed E-state index contributed by atoms with van der Waals surface area (Å²) in [4.78, 5) is 23.5. The van der Waals surface area contributed by atoms with Gasteiger partial charge in [0.2, 0.25) is 5.91 Å². The molecule has 0 spiro atoms. The van der Waals surface area contributed by atoms with E-state index < -0.39 is 0 Å². The fourth-order valence-corrected chi connectivity index (χ4v) is 2.67. The van der Waals surface area contributed by atoms with Gasteiger partial charge >= 0.3 is 5.69 Å². The molecule has 0 aliphatic rings. The van der Waals surface area contributed by atoms with Gasteiger partial charge in [0.1, 0.15) is 0 Å². The first-order chi connectivity index (χ1) is 9.97. The average molecular weight is 307 g/mol. The number of H-pyrrole nitrogens is 1. The third-order valence-corrected chi connectivity index (χ3v) is 3.64. The summed E-state index contributed by atoms with van der Waals surface area (Å²) in [5.74, 6) is -0.0254. The molecule has 7 nitrogen and oxygen atoms in total. The summed E-state index contributed by atoms with van der Waals surface area (Å²) in [5.41, 5.74) is 6.60. The van der Waals surface area contributed by atoms with Crippen molar-refractivity contribution >= 4 is 29.0 Å². The SMILES string of the molecule is CC(C)n1c(SCC(=O)Nc2cccc(N)c2)n[nH]c1=O. The van der Waals surface area contributed by atoms with E-state index in [4.69, 9.17) is 5.73 Å². The minimum atomic E-state index is -0.274. The highest BCUT2D eigenvalue weighted by atomic mass is 32.2. The van der Waals surface area contributed by atoms with Gasteiger partial charge in [-0.3, -0.25) is 9.36 Å². The first kappa shape index (κ1) is 15.2. The van der Waals surface area contributed by atoms with Gasteiger partial charge in [0.15, 0.2) is 5.16 Å². The summed E-state index contributed by atoms with van der Waals surface area (Å²) in [6.07, 6.45) is 0. The van der Waals surface area contributed by atoms with Crippen molar-refractivity contribution in [3.05, 3.63) is 34.7 Å². The third-order valence-electron chi connectivity index (χ3n) is 2.69. The van der Waals surface area contributed by atoms with Crippen LogP contribution in [-0.4, -0.2) is 26.4 Å². The number of nitrogens with zero attached hydrogens (tertiary/aromatic N) is 2. The number of aromatic amines is 1. The van der Waals surface area contributed by atoms with Gasteiger partial charge in [0.05, 0.1) is 5.75 Å². The molecule has 2 rings (SSSR count). The molecule has 4 N–H and O–H groups in total. The normalized spacial score (nSPS) is 10.8. The Kier molecular flexibility index (Phi) is 4.69. The van der Waals surface area contributed by atoms with Gasteiger partial charge in [-0.25, -0.2) is 9.89 Å². The smallest absolute Gasteiger partial charge is 0.344 e. The Morgan fingerprint density at radius 2 is 2.29 bits per heavy atom. The molecule has 1 heterocycles. The van der Waals surface area contributed by atoms with Crippen molar-refractivity contribution < 1.29 is 4.79 Å². The lowest BCUT2D eigenvalue weighted by molar-refractivity contribution is -0.113. The van der Waals surface area contributed by atoms with E-state index in [9.17, 15) is 9.59 Å². The number of hydrogen-bond acceptors (Lipinski definition) is 5. The van der Waals surface area contributed by atoms with Crippen molar-refractivity contribution in [2.24, 2.45) is 0 Å². The van der Waals surface area contributed by atoms with Gasteiger partial charge in [-0.2, -0.15) is 0 Å². The van der Waals surface area contributed by atoms with E-state index >= 15 is 0 Å². The number of nitrogens with one attached hydrogen (secondary N) is 2. The number of rotatable bonds is 5. The monoisotopic (exact) mass is 307 g/mol. The van der Waals surface area contributed by atoms with E-state index in [1.54, 1.807) is 24.3 Å². The molecule has 0 radical (unpaired) electrons. The Hall–Kier alpha value is -2.22. The molecule has 0 saturated carbocycles. The molecule has 0 atom stereocenters. The Bertz CT molecular complexity index is 692. The number of carbonyl (C=O) groups excluding carboxylic acids is 1. The van der Waals surface area contributed by atoms with Crippen LogP contribution in [0.4, 0.5) is 11.4 Å². The predicted molar refractivity (Wildman–Crippen MR) is 83.4 cm³/mol. The number of amides is 1. The molecule has 0 unspecified atom stereocenters. The standard InChI is InChI=1S/C13H17N5O2S/c1-8(2)18-12(20)16-17-13(18)21-7-11(19)15-10-5-3-4-9(14)6-10/h3-6,8H,7,14H2,1-2H3,(H,15,19)(H,16,20). The zero-order valence-electron chi connectivity index (χ0n) is 11.8. The lowest BCUT2D eigenvalue weighted by Gasteiger charge is -2.09. The van der Waals surface area contributed by atoms with Crippen molar-refractivity contribution in [1.82, 2.24) is 14.8 Å². The molecule has 21 heavy (non-hydrogen) atoms. The van der Waals surface area contributed by atoms with Gasteiger partial charge in [0.25, 0.3) is 0 Å². The number of aromatic nitrogens is 3. The largest absolute Gasteiger partial charge is 0.399 e.